The van der Waals surface area contributed by atoms with Crippen molar-refractivity contribution in [3.8, 4) is 11.1 Å². The maximum absolute atomic E-state index is 12.4. The molecule has 0 fully saturated rings. The number of nitrogens with zero attached hydrogens (tertiary/aromatic N) is 1. The van der Waals surface area contributed by atoms with Crippen LogP contribution in [0.2, 0.25) is 5.02 Å². The minimum Gasteiger partial charge on any atom is -0.314 e. The summed E-state index contributed by atoms with van der Waals surface area (Å²) in [5, 5.41) is 0.420. The van der Waals surface area contributed by atoms with Gasteiger partial charge in [0.15, 0.2) is 16.1 Å². The molecule has 0 spiro atoms. The van der Waals surface area contributed by atoms with E-state index in [0.29, 0.717) is 21.8 Å². The molecule has 2 aromatic heterocycles. The SMILES string of the molecule is CCS(=O)(=O)c1ccc(Cl)cc1-c1cc2cc(C)ccn2c1C=O. The van der Waals surface area contributed by atoms with Gasteiger partial charge in [0.05, 0.1) is 16.3 Å². The molecule has 3 aromatic rings. The molecule has 0 bridgehead atoms. The normalized spacial score (nSPS) is 11.8. The molecule has 6 heteroatoms. The third-order valence-corrected chi connectivity index (χ3v) is 6.05. The van der Waals surface area contributed by atoms with E-state index < -0.39 is 9.84 Å². The van der Waals surface area contributed by atoms with Crippen LogP contribution in [0.1, 0.15) is 23.0 Å². The van der Waals surface area contributed by atoms with E-state index in [1.165, 1.54) is 6.07 Å². The molecular formula is C18H16ClNO3S. The molecule has 24 heavy (non-hydrogen) atoms. The summed E-state index contributed by atoms with van der Waals surface area (Å²) in [6.45, 7) is 3.55. The van der Waals surface area contributed by atoms with Crippen LogP contribution in [0, 0.1) is 6.92 Å². The molecule has 0 atom stereocenters. The number of sulfone groups is 1. The predicted molar refractivity (Wildman–Crippen MR) is 95.7 cm³/mol. The van der Waals surface area contributed by atoms with Crippen molar-refractivity contribution in [1.82, 2.24) is 4.40 Å². The summed E-state index contributed by atoms with van der Waals surface area (Å²) in [7, 11) is -3.45. The van der Waals surface area contributed by atoms with Gasteiger partial charge in [-0.15, -0.1) is 0 Å². The van der Waals surface area contributed by atoms with Gasteiger partial charge in [0.1, 0.15) is 0 Å². The Hall–Kier alpha value is -2.11. The van der Waals surface area contributed by atoms with Crippen LogP contribution in [-0.2, 0) is 9.84 Å². The van der Waals surface area contributed by atoms with E-state index >= 15 is 0 Å². The second-order valence-electron chi connectivity index (χ2n) is 5.60. The Morgan fingerprint density at radius 3 is 2.54 bits per heavy atom. The summed E-state index contributed by atoms with van der Waals surface area (Å²) in [4.78, 5) is 11.9. The second kappa shape index (κ2) is 6.07. The van der Waals surface area contributed by atoms with Crippen molar-refractivity contribution in [2.24, 2.45) is 0 Å². The largest absolute Gasteiger partial charge is 0.314 e. The van der Waals surface area contributed by atoms with E-state index in [1.807, 2.05) is 25.1 Å². The van der Waals surface area contributed by atoms with Crippen molar-refractivity contribution in [2.75, 3.05) is 5.75 Å². The van der Waals surface area contributed by atoms with Crippen molar-refractivity contribution in [1.29, 1.82) is 0 Å². The highest BCUT2D eigenvalue weighted by molar-refractivity contribution is 7.91. The van der Waals surface area contributed by atoms with Crippen molar-refractivity contribution >= 4 is 33.2 Å². The highest BCUT2D eigenvalue weighted by Gasteiger charge is 2.21. The lowest BCUT2D eigenvalue weighted by Gasteiger charge is -2.10. The molecule has 2 heterocycles. The van der Waals surface area contributed by atoms with Crippen LogP contribution in [-0.4, -0.2) is 24.9 Å². The first-order chi connectivity index (χ1) is 11.4. The number of hydrogen-bond acceptors (Lipinski definition) is 3. The molecule has 0 aliphatic rings. The average Bonchev–Trinajstić information content (AvgIpc) is 2.91. The molecule has 0 saturated heterocycles. The minimum absolute atomic E-state index is 0.0233. The topological polar surface area (TPSA) is 55.6 Å². The Morgan fingerprint density at radius 2 is 1.88 bits per heavy atom. The number of carbonyl (C=O) groups is 1. The summed E-state index contributed by atoms with van der Waals surface area (Å²) in [5.74, 6) is -0.0233. The minimum atomic E-state index is -3.45. The maximum Gasteiger partial charge on any atom is 0.178 e. The van der Waals surface area contributed by atoms with E-state index in [0.717, 1.165) is 17.4 Å². The monoisotopic (exact) mass is 361 g/mol. The lowest BCUT2D eigenvalue weighted by atomic mass is 10.1. The molecule has 4 nitrogen and oxygen atoms in total. The van der Waals surface area contributed by atoms with E-state index in [2.05, 4.69) is 0 Å². The average molecular weight is 362 g/mol. The first kappa shape index (κ1) is 16.7. The zero-order chi connectivity index (χ0) is 17.5. The van der Waals surface area contributed by atoms with E-state index in [-0.39, 0.29) is 10.6 Å². The summed E-state index contributed by atoms with van der Waals surface area (Å²) in [5.41, 5.74) is 3.29. The maximum atomic E-state index is 12.4. The molecule has 0 radical (unpaired) electrons. The Kier molecular flexibility index (Phi) is 4.24. The van der Waals surface area contributed by atoms with Gasteiger partial charge in [0.25, 0.3) is 0 Å². The molecule has 0 aliphatic carbocycles. The van der Waals surface area contributed by atoms with Gasteiger partial charge in [0.2, 0.25) is 0 Å². The molecular weight excluding hydrogens is 346 g/mol. The molecule has 0 saturated carbocycles. The number of aryl methyl sites for hydroxylation is 1. The van der Waals surface area contributed by atoms with E-state index in [9.17, 15) is 13.2 Å². The Balaban J connectivity index is 2.40. The van der Waals surface area contributed by atoms with Crippen LogP contribution in [0.5, 0.6) is 0 Å². The van der Waals surface area contributed by atoms with Crippen LogP contribution < -0.4 is 0 Å². The number of aromatic nitrogens is 1. The number of hydrogen-bond donors (Lipinski definition) is 0. The fourth-order valence-electron chi connectivity index (χ4n) is 2.79. The number of rotatable bonds is 4. The van der Waals surface area contributed by atoms with Gasteiger partial charge in [-0.05, 0) is 48.9 Å². The summed E-state index contributed by atoms with van der Waals surface area (Å²) >= 11 is 6.09. The molecule has 3 rings (SSSR count). The predicted octanol–water partition coefficient (Wildman–Crippen LogP) is 4.17. The van der Waals surface area contributed by atoms with Crippen molar-refractivity contribution in [2.45, 2.75) is 18.7 Å². The van der Waals surface area contributed by atoms with Crippen molar-refractivity contribution in [3.63, 3.8) is 0 Å². The number of pyridine rings is 1. The third-order valence-electron chi connectivity index (χ3n) is 4.03. The highest BCUT2D eigenvalue weighted by atomic mass is 35.5. The molecule has 0 amide bonds. The molecule has 0 aliphatic heterocycles. The number of benzene rings is 1. The Morgan fingerprint density at radius 1 is 1.12 bits per heavy atom. The van der Waals surface area contributed by atoms with Crippen LogP contribution in [0.15, 0.2) is 47.5 Å². The number of carbonyl (C=O) groups excluding carboxylic acids is 1. The summed E-state index contributed by atoms with van der Waals surface area (Å²) in [6, 6.07) is 10.3. The van der Waals surface area contributed by atoms with Gasteiger partial charge in [-0.1, -0.05) is 18.5 Å². The van der Waals surface area contributed by atoms with Gasteiger partial charge < -0.3 is 4.40 Å². The second-order valence-corrected chi connectivity index (χ2v) is 8.29. The molecule has 124 valence electrons. The third kappa shape index (κ3) is 2.74. The van der Waals surface area contributed by atoms with Crippen LogP contribution >= 0.6 is 11.6 Å². The number of aldehydes is 1. The smallest absolute Gasteiger partial charge is 0.178 e. The molecule has 0 N–H and O–H groups in total. The summed E-state index contributed by atoms with van der Waals surface area (Å²) < 4.78 is 26.6. The zero-order valence-electron chi connectivity index (χ0n) is 13.3. The first-order valence-electron chi connectivity index (χ1n) is 7.47. The van der Waals surface area contributed by atoms with Crippen molar-refractivity contribution < 1.29 is 13.2 Å². The quantitative estimate of drug-likeness (QED) is 0.655. The number of halogens is 1. The zero-order valence-corrected chi connectivity index (χ0v) is 14.9. The van der Waals surface area contributed by atoms with E-state index in [4.69, 9.17) is 11.6 Å². The Labute approximate surface area is 145 Å². The molecule has 0 unspecified atom stereocenters. The van der Waals surface area contributed by atoms with Gasteiger partial charge >= 0.3 is 0 Å². The summed E-state index contributed by atoms with van der Waals surface area (Å²) in [6.07, 6.45) is 2.54. The van der Waals surface area contributed by atoms with Crippen LogP contribution in [0.4, 0.5) is 0 Å². The van der Waals surface area contributed by atoms with Crippen molar-refractivity contribution in [3.05, 3.63) is 58.9 Å². The van der Waals surface area contributed by atoms with Gasteiger partial charge in [0, 0.05) is 27.9 Å². The van der Waals surface area contributed by atoms with Gasteiger partial charge in [-0.25, -0.2) is 8.42 Å². The van der Waals surface area contributed by atoms with E-state index in [1.54, 1.807) is 29.7 Å². The first-order valence-corrected chi connectivity index (χ1v) is 9.50. The van der Waals surface area contributed by atoms with Crippen LogP contribution in [0.25, 0.3) is 16.6 Å². The lowest BCUT2D eigenvalue weighted by molar-refractivity contribution is 0.111. The fraction of sp³-hybridized carbons (Fsp3) is 0.167. The van der Waals surface area contributed by atoms with Gasteiger partial charge in [-0.3, -0.25) is 4.79 Å². The van der Waals surface area contributed by atoms with Crippen LogP contribution in [0.3, 0.4) is 0 Å². The lowest BCUT2D eigenvalue weighted by Crippen LogP contribution is -2.06. The fourth-order valence-corrected chi connectivity index (χ4v) is 4.05. The highest BCUT2D eigenvalue weighted by Crippen LogP contribution is 2.34. The molecule has 1 aromatic carbocycles. The Bertz CT molecular complexity index is 1050. The standard InChI is InChI=1S/C18H16ClNO3S/c1-3-24(22,23)18-5-4-13(19)9-16(18)15-10-14-8-12(2)6-7-20(14)17(15)11-21/h4-11H,3H2,1-2H3. The number of fused-ring (bicyclic) bond motifs is 1. The van der Waals surface area contributed by atoms with Gasteiger partial charge in [-0.2, -0.15) is 0 Å².